The number of benzene rings is 2. The average molecular weight is 540 g/mol. The van der Waals surface area contributed by atoms with E-state index in [0.717, 1.165) is 23.4 Å². The van der Waals surface area contributed by atoms with Gasteiger partial charge in [0.15, 0.2) is 12.1 Å². The molecule has 1 atom stereocenters. The van der Waals surface area contributed by atoms with E-state index in [9.17, 15) is 19.7 Å². The quantitative estimate of drug-likeness (QED) is 0.164. The molecule has 12 nitrogen and oxygen atoms in total. The Morgan fingerprint density at radius 3 is 2.55 bits per heavy atom. The zero-order valence-electron chi connectivity index (χ0n) is 21.0. The molecule has 0 bridgehead atoms. The van der Waals surface area contributed by atoms with E-state index in [2.05, 4.69) is 26.3 Å². The summed E-state index contributed by atoms with van der Waals surface area (Å²) in [4.78, 5) is 46.1. The Morgan fingerprint density at radius 1 is 1.21 bits per heavy atom. The fourth-order valence-electron chi connectivity index (χ4n) is 3.77. The van der Waals surface area contributed by atoms with Crippen molar-refractivity contribution in [3.05, 3.63) is 70.5 Å². The standard InChI is InChI=1S/C24H24N6O5S.CH5N/c1-36-20-10-4-16(5-11-20)26-23-21(15-31)25-13-22(28-23)29-12-2-3-17(14-29)27-24(32)35-19-8-6-18(7-9-19)30(33)34;1-2/h4-11,13,15,17H,2-3,12,14H2,1H3,(H,26,28)(H,27,32);2H2,1H3. The SMILES string of the molecule is CN.CSc1ccc(Nc2nc(N3CCCC(NC(=O)Oc4ccc([N+](=O)[O-])cc4)C3)cnc2C=O)cc1. The Kier molecular flexibility index (Phi) is 10.4. The first kappa shape index (κ1) is 28.3. The zero-order valence-corrected chi connectivity index (χ0v) is 21.8. The van der Waals surface area contributed by atoms with Crippen molar-refractivity contribution in [3.8, 4) is 5.75 Å². The maximum atomic E-state index is 12.4. The van der Waals surface area contributed by atoms with Crippen molar-refractivity contribution >= 4 is 47.2 Å². The van der Waals surface area contributed by atoms with Gasteiger partial charge >= 0.3 is 6.09 Å². The number of aromatic nitrogens is 2. The highest BCUT2D eigenvalue weighted by atomic mass is 32.2. The normalized spacial score (nSPS) is 14.5. The van der Waals surface area contributed by atoms with Crippen molar-refractivity contribution in [2.45, 2.75) is 23.8 Å². The summed E-state index contributed by atoms with van der Waals surface area (Å²) in [6, 6.07) is 12.9. The Labute approximate surface area is 224 Å². The number of non-ortho nitro benzene ring substituents is 1. The number of ether oxygens (including phenoxy) is 1. The Hall–Kier alpha value is -4.23. The van der Waals surface area contributed by atoms with Crippen LogP contribution in [0.3, 0.4) is 0 Å². The predicted molar refractivity (Wildman–Crippen MR) is 147 cm³/mol. The molecule has 1 saturated heterocycles. The van der Waals surface area contributed by atoms with E-state index in [4.69, 9.17) is 4.74 Å². The lowest BCUT2D eigenvalue weighted by molar-refractivity contribution is -0.384. The summed E-state index contributed by atoms with van der Waals surface area (Å²) in [6.45, 7) is 1.19. The van der Waals surface area contributed by atoms with Crippen LogP contribution >= 0.6 is 11.8 Å². The number of anilines is 3. The number of aldehydes is 1. The molecular formula is C25H29N7O5S. The average Bonchev–Trinajstić information content (AvgIpc) is 2.95. The number of thioether (sulfide) groups is 1. The van der Waals surface area contributed by atoms with Gasteiger partial charge in [0.1, 0.15) is 17.3 Å². The van der Waals surface area contributed by atoms with Crippen LogP contribution in [0.4, 0.5) is 27.8 Å². The summed E-state index contributed by atoms with van der Waals surface area (Å²) in [7, 11) is 1.50. The maximum Gasteiger partial charge on any atom is 0.412 e. The van der Waals surface area contributed by atoms with Gasteiger partial charge in [0.05, 0.1) is 11.1 Å². The lowest BCUT2D eigenvalue weighted by atomic mass is 10.1. The van der Waals surface area contributed by atoms with Crippen molar-refractivity contribution in [1.82, 2.24) is 15.3 Å². The Balaban J connectivity index is 0.00000195. The minimum atomic E-state index is -0.644. The summed E-state index contributed by atoms with van der Waals surface area (Å²) >= 11 is 1.64. The molecule has 1 unspecified atom stereocenters. The van der Waals surface area contributed by atoms with Crippen LogP contribution in [0.15, 0.2) is 59.6 Å². The number of nitro groups is 1. The van der Waals surface area contributed by atoms with Crippen LogP contribution in [0.1, 0.15) is 23.3 Å². The molecule has 0 saturated carbocycles. The molecule has 1 amide bonds. The van der Waals surface area contributed by atoms with E-state index in [-0.39, 0.29) is 23.2 Å². The molecule has 2 aromatic carbocycles. The molecule has 4 rings (SSSR count). The van der Waals surface area contributed by atoms with Crippen LogP contribution in [0, 0.1) is 10.1 Å². The first-order valence-electron chi connectivity index (χ1n) is 11.7. The van der Waals surface area contributed by atoms with E-state index < -0.39 is 11.0 Å². The number of carbonyl (C=O) groups is 2. The van der Waals surface area contributed by atoms with E-state index in [0.29, 0.717) is 31.0 Å². The highest BCUT2D eigenvalue weighted by Crippen LogP contribution is 2.25. The van der Waals surface area contributed by atoms with Gasteiger partial charge in [-0.15, -0.1) is 11.8 Å². The molecule has 2 heterocycles. The maximum absolute atomic E-state index is 12.4. The fourth-order valence-corrected chi connectivity index (χ4v) is 4.18. The number of amides is 1. The molecule has 0 spiro atoms. The van der Waals surface area contributed by atoms with Crippen LogP contribution in [0.25, 0.3) is 0 Å². The topological polar surface area (TPSA) is 166 Å². The van der Waals surface area contributed by atoms with Crippen molar-refractivity contribution in [2.24, 2.45) is 5.73 Å². The fraction of sp³-hybridized carbons (Fsp3) is 0.280. The largest absolute Gasteiger partial charge is 0.412 e. The third-order valence-electron chi connectivity index (χ3n) is 5.58. The van der Waals surface area contributed by atoms with Gasteiger partial charge in [0.25, 0.3) is 5.69 Å². The van der Waals surface area contributed by atoms with Crippen LogP contribution in [0.5, 0.6) is 5.75 Å². The summed E-state index contributed by atoms with van der Waals surface area (Å²) in [5.41, 5.74) is 5.40. The van der Waals surface area contributed by atoms with Crippen molar-refractivity contribution in [2.75, 3.05) is 36.6 Å². The molecule has 1 aromatic heterocycles. The summed E-state index contributed by atoms with van der Waals surface area (Å²) in [6.07, 6.45) is 5.11. The molecule has 0 radical (unpaired) electrons. The number of nitrogens with zero attached hydrogens (tertiary/aromatic N) is 4. The van der Waals surface area contributed by atoms with Gasteiger partial charge in [-0.25, -0.2) is 14.8 Å². The lowest BCUT2D eigenvalue weighted by Crippen LogP contribution is -2.48. The van der Waals surface area contributed by atoms with Gasteiger partial charge in [0.2, 0.25) is 0 Å². The molecule has 3 aromatic rings. The van der Waals surface area contributed by atoms with E-state index >= 15 is 0 Å². The molecular weight excluding hydrogens is 510 g/mol. The van der Waals surface area contributed by atoms with Crippen molar-refractivity contribution in [3.63, 3.8) is 0 Å². The summed E-state index contributed by atoms with van der Waals surface area (Å²) < 4.78 is 5.26. The second-order valence-electron chi connectivity index (χ2n) is 8.00. The van der Waals surface area contributed by atoms with E-state index in [1.54, 1.807) is 18.0 Å². The number of piperidine rings is 1. The molecule has 1 aliphatic heterocycles. The first-order chi connectivity index (χ1) is 18.4. The Bertz CT molecular complexity index is 1240. The van der Waals surface area contributed by atoms with E-state index in [1.807, 2.05) is 35.4 Å². The smallest absolute Gasteiger partial charge is 0.410 e. The van der Waals surface area contributed by atoms with Crippen LogP contribution < -0.4 is 26.0 Å². The number of carbonyl (C=O) groups excluding carboxylic acids is 2. The monoisotopic (exact) mass is 539 g/mol. The third-order valence-corrected chi connectivity index (χ3v) is 6.32. The molecule has 38 heavy (non-hydrogen) atoms. The van der Waals surface area contributed by atoms with Gasteiger partial charge in [-0.3, -0.25) is 14.9 Å². The third kappa shape index (κ3) is 7.63. The second-order valence-corrected chi connectivity index (χ2v) is 8.88. The lowest BCUT2D eigenvalue weighted by Gasteiger charge is -2.33. The summed E-state index contributed by atoms with van der Waals surface area (Å²) in [5, 5.41) is 16.8. The second kappa shape index (κ2) is 13.9. The van der Waals surface area contributed by atoms with Crippen LogP contribution in [-0.2, 0) is 0 Å². The number of rotatable bonds is 8. The van der Waals surface area contributed by atoms with Gasteiger partial charge in [-0.05, 0) is 62.5 Å². The zero-order chi connectivity index (χ0) is 27.5. The molecule has 1 fully saturated rings. The molecule has 200 valence electrons. The first-order valence-corrected chi connectivity index (χ1v) is 13.0. The number of nitrogens with two attached hydrogens (primary N) is 1. The van der Waals surface area contributed by atoms with Crippen LogP contribution in [-0.4, -0.2) is 59.7 Å². The predicted octanol–water partition coefficient (Wildman–Crippen LogP) is 4.00. The van der Waals surface area contributed by atoms with Gasteiger partial charge in [0, 0.05) is 41.8 Å². The van der Waals surface area contributed by atoms with Gasteiger partial charge in [-0.1, -0.05) is 0 Å². The number of hydrogen-bond acceptors (Lipinski definition) is 11. The minimum Gasteiger partial charge on any atom is -0.410 e. The number of nitrogens with one attached hydrogen (secondary N) is 2. The van der Waals surface area contributed by atoms with Gasteiger partial charge < -0.3 is 26.0 Å². The van der Waals surface area contributed by atoms with Crippen molar-refractivity contribution < 1.29 is 19.2 Å². The van der Waals surface area contributed by atoms with Crippen LogP contribution in [0.2, 0.25) is 0 Å². The highest BCUT2D eigenvalue weighted by Gasteiger charge is 2.24. The molecule has 1 aliphatic rings. The highest BCUT2D eigenvalue weighted by molar-refractivity contribution is 7.98. The molecule has 0 aliphatic carbocycles. The summed E-state index contributed by atoms with van der Waals surface area (Å²) in [5.74, 6) is 1.15. The van der Waals surface area contributed by atoms with Crippen molar-refractivity contribution in [1.29, 1.82) is 0 Å². The number of hydrogen-bond donors (Lipinski definition) is 3. The van der Waals surface area contributed by atoms with E-state index in [1.165, 1.54) is 31.3 Å². The molecule has 13 heteroatoms. The minimum absolute atomic E-state index is 0.0850. The Morgan fingerprint density at radius 2 is 1.92 bits per heavy atom. The number of nitro benzene ring substituents is 1. The van der Waals surface area contributed by atoms with Gasteiger partial charge in [-0.2, -0.15) is 0 Å². The molecule has 4 N–H and O–H groups in total.